The second-order valence-electron chi connectivity index (χ2n) is 3.80. The third-order valence-corrected chi connectivity index (χ3v) is 2.90. The number of aliphatic hydroxyl groups excluding tert-OH is 1. The maximum Gasteiger partial charge on any atom is 0.0471 e. The van der Waals surface area contributed by atoms with E-state index in [0.29, 0.717) is 10.7 Å². The molecule has 1 rings (SSSR count). The highest BCUT2D eigenvalue weighted by atomic mass is 35.5. The lowest BCUT2D eigenvalue weighted by atomic mass is 10.2. The first-order chi connectivity index (χ1) is 7.67. The van der Waals surface area contributed by atoms with Crippen LogP contribution in [0.5, 0.6) is 0 Å². The lowest BCUT2D eigenvalue weighted by molar-refractivity contribution is 0.225. The van der Waals surface area contributed by atoms with Crippen LogP contribution in [0.1, 0.15) is 18.9 Å². The average Bonchev–Trinajstić information content (AvgIpc) is 2.27. The van der Waals surface area contributed by atoms with Gasteiger partial charge in [0.1, 0.15) is 0 Å². The molecule has 0 heterocycles. The molecule has 0 bridgehead atoms. The van der Waals surface area contributed by atoms with Crippen molar-refractivity contribution < 1.29 is 5.11 Å². The van der Waals surface area contributed by atoms with Gasteiger partial charge < -0.3 is 10.8 Å². The summed E-state index contributed by atoms with van der Waals surface area (Å²) < 4.78 is 0. The normalized spacial score (nSPS) is 11.0. The zero-order chi connectivity index (χ0) is 12.0. The molecule has 0 aliphatic carbocycles. The number of aliphatic hydroxyl groups is 1. The van der Waals surface area contributed by atoms with E-state index in [0.717, 1.165) is 31.6 Å². The topological polar surface area (TPSA) is 49.5 Å². The maximum atomic E-state index is 8.80. The smallest absolute Gasteiger partial charge is 0.0471 e. The molecule has 0 aliphatic rings. The molecule has 1 aromatic carbocycles. The minimum atomic E-state index is 0.228. The Morgan fingerprint density at radius 2 is 2.19 bits per heavy atom. The molecule has 0 aromatic heterocycles. The first kappa shape index (κ1) is 13.3. The van der Waals surface area contributed by atoms with Crippen molar-refractivity contribution >= 4 is 17.3 Å². The summed E-state index contributed by atoms with van der Waals surface area (Å²) in [5.41, 5.74) is 7.41. The lowest BCUT2D eigenvalue weighted by Gasteiger charge is -2.20. The van der Waals surface area contributed by atoms with E-state index < -0.39 is 0 Å². The van der Waals surface area contributed by atoms with Crippen molar-refractivity contribution in [3.05, 3.63) is 28.8 Å². The summed E-state index contributed by atoms with van der Waals surface area (Å²) in [7, 11) is 0. The Balaban J connectivity index is 2.62. The molecule has 1 aromatic rings. The zero-order valence-corrected chi connectivity index (χ0v) is 10.4. The highest BCUT2D eigenvalue weighted by molar-refractivity contribution is 6.31. The Hall–Kier alpha value is -0.770. The van der Waals surface area contributed by atoms with Crippen LogP contribution in [0.3, 0.4) is 0 Å². The van der Waals surface area contributed by atoms with Gasteiger partial charge in [-0.25, -0.2) is 0 Å². The third kappa shape index (κ3) is 4.00. The molecule has 0 spiro atoms. The Bertz CT molecular complexity index is 331. The van der Waals surface area contributed by atoms with Crippen molar-refractivity contribution in [1.82, 2.24) is 4.90 Å². The average molecular weight is 243 g/mol. The van der Waals surface area contributed by atoms with E-state index in [1.54, 1.807) is 6.07 Å². The van der Waals surface area contributed by atoms with Gasteiger partial charge in [0.15, 0.2) is 0 Å². The second kappa shape index (κ2) is 6.74. The van der Waals surface area contributed by atoms with Crippen molar-refractivity contribution in [2.45, 2.75) is 19.9 Å². The van der Waals surface area contributed by atoms with Gasteiger partial charge in [-0.3, -0.25) is 4.90 Å². The number of nitrogens with zero attached hydrogens (tertiary/aromatic N) is 1. The number of benzene rings is 1. The molecular formula is C12H19ClN2O. The van der Waals surface area contributed by atoms with Crippen molar-refractivity contribution in [2.75, 3.05) is 25.4 Å². The van der Waals surface area contributed by atoms with Crippen molar-refractivity contribution in [3.8, 4) is 0 Å². The van der Waals surface area contributed by atoms with Gasteiger partial charge in [-0.15, -0.1) is 0 Å². The van der Waals surface area contributed by atoms with Crippen LogP contribution in [0.4, 0.5) is 5.69 Å². The van der Waals surface area contributed by atoms with E-state index in [9.17, 15) is 0 Å². The van der Waals surface area contributed by atoms with Crippen LogP contribution >= 0.6 is 11.6 Å². The fourth-order valence-electron chi connectivity index (χ4n) is 1.58. The summed E-state index contributed by atoms with van der Waals surface area (Å²) >= 11 is 6.11. The Morgan fingerprint density at radius 1 is 1.44 bits per heavy atom. The van der Waals surface area contributed by atoms with Gasteiger partial charge in [0, 0.05) is 30.4 Å². The van der Waals surface area contributed by atoms with Gasteiger partial charge in [-0.05, 0) is 30.7 Å². The predicted octanol–water partition coefficient (Wildman–Crippen LogP) is 2.13. The van der Waals surface area contributed by atoms with E-state index in [-0.39, 0.29) is 6.61 Å². The van der Waals surface area contributed by atoms with E-state index in [1.807, 2.05) is 12.1 Å². The number of halogens is 1. The molecule has 90 valence electrons. The van der Waals surface area contributed by atoms with E-state index >= 15 is 0 Å². The number of nitrogen functional groups attached to an aromatic ring is 1. The molecule has 0 amide bonds. The summed E-state index contributed by atoms with van der Waals surface area (Å²) in [5, 5.41) is 9.51. The fourth-order valence-corrected chi connectivity index (χ4v) is 1.82. The van der Waals surface area contributed by atoms with Gasteiger partial charge >= 0.3 is 0 Å². The quantitative estimate of drug-likeness (QED) is 0.752. The number of hydrogen-bond donors (Lipinski definition) is 2. The number of hydrogen-bond acceptors (Lipinski definition) is 3. The second-order valence-corrected chi connectivity index (χ2v) is 4.20. The van der Waals surface area contributed by atoms with Crippen LogP contribution in [0.25, 0.3) is 0 Å². The molecule has 0 saturated heterocycles. The van der Waals surface area contributed by atoms with Crippen LogP contribution in [0.2, 0.25) is 5.02 Å². The predicted molar refractivity (Wildman–Crippen MR) is 68.5 cm³/mol. The monoisotopic (exact) mass is 242 g/mol. The minimum absolute atomic E-state index is 0.228. The largest absolute Gasteiger partial charge is 0.399 e. The van der Waals surface area contributed by atoms with Crippen molar-refractivity contribution in [3.63, 3.8) is 0 Å². The van der Waals surface area contributed by atoms with Crippen molar-refractivity contribution in [2.24, 2.45) is 0 Å². The number of nitrogens with two attached hydrogens (primary N) is 1. The third-order valence-electron chi connectivity index (χ3n) is 2.55. The summed E-state index contributed by atoms with van der Waals surface area (Å²) in [6, 6.07) is 5.59. The fraction of sp³-hybridized carbons (Fsp3) is 0.500. The van der Waals surface area contributed by atoms with Gasteiger partial charge in [0.05, 0.1) is 0 Å². The highest BCUT2D eigenvalue weighted by Gasteiger charge is 2.06. The summed E-state index contributed by atoms with van der Waals surface area (Å²) in [6.45, 7) is 4.96. The van der Waals surface area contributed by atoms with E-state index in [1.165, 1.54) is 0 Å². The first-order valence-corrected chi connectivity index (χ1v) is 5.92. The Labute approximate surface area is 102 Å². The molecule has 16 heavy (non-hydrogen) atoms. The molecular weight excluding hydrogens is 224 g/mol. The Morgan fingerprint density at radius 3 is 2.75 bits per heavy atom. The molecule has 0 atom stereocenters. The summed E-state index contributed by atoms with van der Waals surface area (Å²) in [5.74, 6) is 0. The maximum absolute atomic E-state index is 8.80. The van der Waals surface area contributed by atoms with Crippen LogP contribution in [-0.4, -0.2) is 29.7 Å². The highest BCUT2D eigenvalue weighted by Crippen LogP contribution is 2.20. The summed E-state index contributed by atoms with van der Waals surface area (Å²) in [4.78, 5) is 2.24. The SMILES string of the molecule is CCN(CCCO)Cc1ccc(N)cc1Cl. The van der Waals surface area contributed by atoms with Crippen LogP contribution in [0.15, 0.2) is 18.2 Å². The lowest BCUT2D eigenvalue weighted by Crippen LogP contribution is -2.24. The molecule has 0 radical (unpaired) electrons. The zero-order valence-electron chi connectivity index (χ0n) is 9.62. The molecule has 3 N–H and O–H groups in total. The number of rotatable bonds is 6. The van der Waals surface area contributed by atoms with Gasteiger partial charge in [-0.2, -0.15) is 0 Å². The molecule has 4 heteroatoms. The number of anilines is 1. The van der Waals surface area contributed by atoms with Gasteiger partial charge in [0.25, 0.3) is 0 Å². The van der Waals surface area contributed by atoms with E-state index in [4.69, 9.17) is 22.4 Å². The van der Waals surface area contributed by atoms with Gasteiger partial charge in [-0.1, -0.05) is 24.6 Å². The Kier molecular flexibility index (Phi) is 5.60. The molecule has 0 aliphatic heterocycles. The molecule has 3 nitrogen and oxygen atoms in total. The minimum Gasteiger partial charge on any atom is -0.399 e. The van der Waals surface area contributed by atoms with Crippen molar-refractivity contribution in [1.29, 1.82) is 0 Å². The van der Waals surface area contributed by atoms with Crippen LogP contribution in [-0.2, 0) is 6.54 Å². The standard InChI is InChI=1S/C12H19ClN2O/c1-2-15(6-3-7-16)9-10-4-5-11(14)8-12(10)13/h4-5,8,16H,2-3,6-7,9,14H2,1H3. The molecule has 0 fully saturated rings. The van der Waals surface area contributed by atoms with Crippen LogP contribution < -0.4 is 5.73 Å². The molecule has 0 unspecified atom stereocenters. The van der Waals surface area contributed by atoms with Gasteiger partial charge in [0.2, 0.25) is 0 Å². The first-order valence-electron chi connectivity index (χ1n) is 5.54. The summed E-state index contributed by atoms with van der Waals surface area (Å²) in [6.07, 6.45) is 0.792. The van der Waals surface area contributed by atoms with E-state index in [2.05, 4.69) is 11.8 Å². The molecule has 0 saturated carbocycles. The van der Waals surface area contributed by atoms with Crippen LogP contribution in [0, 0.1) is 0 Å².